The van der Waals surface area contributed by atoms with Crippen LogP contribution in [0, 0.1) is 6.42 Å². The monoisotopic (exact) mass is 283 g/mol. The molecule has 3 heteroatoms. The van der Waals surface area contributed by atoms with Crippen molar-refractivity contribution >= 4 is 0 Å². The van der Waals surface area contributed by atoms with Crippen LogP contribution in [0.4, 0.5) is 0 Å². The molecular formula is C8H11Cl2Pd-. The SMILES string of the molecule is C1=C\[CH-]CCC\C=C/1.[Cl-].[Cl-].[Pd+2]. The van der Waals surface area contributed by atoms with E-state index in [9.17, 15) is 0 Å². The number of hydrogen-bond donors (Lipinski definition) is 0. The molecular weight excluding hydrogens is 273 g/mol. The first kappa shape index (κ1) is 17.6. The molecule has 0 aromatic heterocycles. The average Bonchev–Trinajstić information content (AvgIpc) is 1.62. The smallest absolute Gasteiger partial charge is 1.00 e. The van der Waals surface area contributed by atoms with E-state index in [-0.39, 0.29) is 45.2 Å². The Labute approximate surface area is 95.0 Å². The zero-order chi connectivity index (χ0) is 5.66. The first-order valence-electron chi connectivity index (χ1n) is 3.15. The molecule has 0 unspecified atom stereocenters. The van der Waals surface area contributed by atoms with Crippen LogP contribution >= 0.6 is 0 Å². The molecule has 1 aliphatic rings. The predicted molar refractivity (Wildman–Crippen MR) is 36.4 cm³/mol. The van der Waals surface area contributed by atoms with Gasteiger partial charge in [0.05, 0.1) is 0 Å². The summed E-state index contributed by atoms with van der Waals surface area (Å²) in [6.07, 6.45) is 14.5. The van der Waals surface area contributed by atoms with Crippen LogP contribution in [0.15, 0.2) is 24.3 Å². The van der Waals surface area contributed by atoms with Crippen LogP contribution < -0.4 is 24.8 Å². The van der Waals surface area contributed by atoms with Gasteiger partial charge in [-0.25, -0.2) is 18.6 Å². The summed E-state index contributed by atoms with van der Waals surface area (Å²) in [4.78, 5) is 0. The molecule has 68 valence electrons. The third-order valence-corrected chi connectivity index (χ3v) is 1.24. The minimum absolute atomic E-state index is 0. The zero-order valence-corrected chi connectivity index (χ0v) is 9.15. The van der Waals surface area contributed by atoms with Gasteiger partial charge in [0, 0.05) is 0 Å². The second-order valence-corrected chi connectivity index (χ2v) is 1.98. The van der Waals surface area contributed by atoms with Crippen molar-refractivity contribution < 1.29 is 45.2 Å². The first-order valence-corrected chi connectivity index (χ1v) is 3.15. The molecule has 0 saturated carbocycles. The van der Waals surface area contributed by atoms with Gasteiger partial charge in [0.2, 0.25) is 0 Å². The van der Waals surface area contributed by atoms with Crippen molar-refractivity contribution in [3.63, 3.8) is 0 Å². The van der Waals surface area contributed by atoms with Gasteiger partial charge in [-0.2, -0.15) is 0 Å². The van der Waals surface area contributed by atoms with Crippen LogP contribution in [0.5, 0.6) is 0 Å². The largest absolute Gasteiger partial charge is 2.00 e. The van der Waals surface area contributed by atoms with Gasteiger partial charge in [-0.05, 0) is 6.42 Å². The third kappa shape index (κ3) is 10.6. The maximum absolute atomic E-state index is 2.21. The zero-order valence-electron chi connectivity index (χ0n) is 6.08. The van der Waals surface area contributed by atoms with Gasteiger partial charge in [0.1, 0.15) is 0 Å². The summed E-state index contributed by atoms with van der Waals surface area (Å²) in [7, 11) is 0. The van der Waals surface area contributed by atoms with E-state index >= 15 is 0 Å². The Morgan fingerprint density at radius 1 is 1.09 bits per heavy atom. The predicted octanol–water partition coefficient (Wildman–Crippen LogP) is -3.51. The van der Waals surface area contributed by atoms with E-state index in [2.05, 4.69) is 30.7 Å². The van der Waals surface area contributed by atoms with Crippen LogP contribution in [0.3, 0.4) is 0 Å². The van der Waals surface area contributed by atoms with Gasteiger partial charge >= 0.3 is 20.4 Å². The second-order valence-electron chi connectivity index (χ2n) is 1.98. The molecule has 0 saturated heterocycles. The van der Waals surface area contributed by atoms with E-state index in [1.54, 1.807) is 0 Å². The summed E-state index contributed by atoms with van der Waals surface area (Å²) in [6.45, 7) is 0. The van der Waals surface area contributed by atoms with Crippen LogP contribution in [-0.4, -0.2) is 0 Å². The molecule has 0 aromatic carbocycles. The van der Waals surface area contributed by atoms with E-state index in [0.29, 0.717) is 0 Å². The van der Waals surface area contributed by atoms with Crippen LogP contribution in [-0.2, 0) is 20.4 Å². The molecule has 0 atom stereocenters. The molecule has 1 aliphatic carbocycles. The maximum atomic E-state index is 2.21. The standard InChI is InChI=1S/C8H11.2ClH.Pd/c1-2-4-6-8-7-5-3-1;;;/h1-5H,6-8H2;2*1H;/q-1;;;+2/p-2/b2-1-,5-3-;;;. The molecule has 0 radical (unpaired) electrons. The Balaban J connectivity index is -0.000000213. The third-order valence-electron chi connectivity index (χ3n) is 1.24. The summed E-state index contributed by atoms with van der Waals surface area (Å²) in [5, 5.41) is 0. The molecule has 11 heavy (non-hydrogen) atoms. The average molecular weight is 285 g/mol. The van der Waals surface area contributed by atoms with E-state index in [4.69, 9.17) is 0 Å². The fraction of sp³-hybridized carbons (Fsp3) is 0.375. The van der Waals surface area contributed by atoms with E-state index in [0.717, 1.165) is 0 Å². The molecule has 0 aliphatic heterocycles. The van der Waals surface area contributed by atoms with Crippen molar-refractivity contribution in [2.24, 2.45) is 0 Å². The summed E-state index contributed by atoms with van der Waals surface area (Å²) in [5.41, 5.74) is 0. The Bertz CT molecular complexity index is 96.7. The van der Waals surface area contributed by atoms with E-state index in [1.165, 1.54) is 19.3 Å². The number of halogens is 2. The Morgan fingerprint density at radius 2 is 1.82 bits per heavy atom. The topological polar surface area (TPSA) is 0 Å². The summed E-state index contributed by atoms with van der Waals surface area (Å²) < 4.78 is 0. The molecule has 0 nitrogen and oxygen atoms in total. The molecule has 0 aromatic rings. The van der Waals surface area contributed by atoms with Gasteiger partial charge in [0.15, 0.2) is 0 Å². The number of hydrogen-bond acceptors (Lipinski definition) is 0. The first-order chi connectivity index (χ1) is 4.00. The minimum atomic E-state index is 0. The Hall–Kier alpha value is 0.592. The Kier molecular flexibility index (Phi) is 21.1. The van der Waals surface area contributed by atoms with Crippen LogP contribution in [0.1, 0.15) is 19.3 Å². The maximum Gasteiger partial charge on any atom is 2.00 e. The summed E-state index contributed by atoms with van der Waals surface area (Å²) >= 11 is 0. The fourth-order valence-electron chi connectivity index (χ4n) is 0.767. The molecule has 0 N–H and O–H groups in total. The van der Waals surface area contributed by atoms with Crippen molar-refractivity contribution in [1.29, 1.82) is 0 Å². The van der Waals surface area contributed by atoms with Gasteiger partial charge < -0.3 is 24.8 Å². The van der Waals surface area contributed by atoms with Gasteiger partial charge in [0.25, 0.3) is 0 Å². The van der Waals surface area contributed by atoms with E-state index < -0.39 is 0 Å². The number of allylic oxidation sites excluding steroid dienone is 4. The van der Waals surface area contributed by atoms with Crippen molar-refractivity contribution in [3.05, 3.63) is 30.7 Å². The molecule has 0 heterocycles. The van der Waals surface area contributed by atoms with Gasteiger partial charge in [-0.3, -0.25) is 0 Å². The normalized spacial score (nSPS) is 19.6. The molecule has 0 fully saturated rings. The fourth-order valence-corrected chi connectivity index (χ4v) is 0.767. The van der Waals surface area contributed by atoms with Crippen molar-refractivity contribution in [1.82, 2.24) is 0 Å². The Morgan fingerprint density at radius 3 is 2.55 bits per heavy atom. The second kappa shape index (κ2) is 13.2. The van der Waals surface area contributed by atoms with Crippen molar-refractivity contribution in [2.75, 3.05) is 0 Å². The summed E-state index contributed by atoms with van der Waals surface area (Å²) in [6, 6.07) is 0. The minimum Gasteiger partial charge on any atom is -1.00 e. The summed E-state index contributed by atoms with van der Waals surface area (Å²) in [5.74, 6) is 0. The van der Waals surface area contributed by atoms with Crippen LogP contribution in [0.2, 0.25) is 0 Å². The molecule has 0 amide bonds. The van der Waals surface area contributed by atoms with Crippen LogP contribution in [0.25, 0.3) is 0 Å². The molecule has 1 rings (SSSR count). The number of rotatable bonds is 0. The van der Waals surface area contributed by atoms with Crippen molar-refractivity contribution in [3.8, 4) is 0 Å². The van der Waals surface area contributed by atoms with Crippen molar-refractivity contribution in [2.45, 2.75) is 19.3 Å². The molecule has 0 bridgehead atoms. The van der Waals surface area contributed by atoms with Gasteiger partial charge in [-0.15, -0.1) is 18.6 Å². The van der Waals surface area contributed by atoms with E-state index in [1.807, 2.05) is 0 Å². The molecule has 0 spiro atoms. The quantitative estimate of drug-likeness (QED) is 0.320. The van der Waals surface area contributed by atoms with Gasteiger partial charge in [-0.1, -0.05) is 6.42 Å².